The van der Waals surface area contributed by atoms with Crippen LogP contribution < -0.4 is 0 Å². The Hall–Kier alpha value is -1.22. The minimum Gasteiger partial charge on any atom is -0.504 e. The third-order valence-corrected chi connectivity index (χ3v) is 4.08. The van der Waals surface area contributed by atoms with Gasteiger partial charge in [0.05, 0.1) is 0 Å². The molecule has 0 amide bonds. The van der Waals surface area contributed by atoms with Gasteiger partial charge in [-0.25, -0.2) is 0 Å². The van der Waals surface area contributed by atoms with E-state index in [9.17, 15) is 10.2 Å². The molecule has 0 aromatic heterocycles. The van der Waals surface area contributed by atoms with Gasteiger partial charge in [-0.05, 0) is 56.8 Å². The predicted octanol–water partition coefficient (Wildman–Crippen LogP) is 4.10. The summed E-state index contributed by atoms with van der Waals surface area (Å²) in [6.07, 6.45) is 5.30. The topological polar surface area (TPSA) is 43.7 Å². The Morgan fingerprint density at radius 2 is 1.71 bits per heavy atom. The van der Waals surface area contributed by atoms with Gasteiger partial charge in [0.2, 0.25) is 0 Å². The molecule has 1 aromatic rings. The fourth-order valence-corrected chi connectivity index (χ4v) is 3.17. The molecule has 0 heterocycles. The molecule has 0 aliphatic heterocycles. The van der Waals surface area contributed by atoms with Gasteiger partial charge in [0.1, 0.15) is 0 Å². The number of fused-ring (bicyclic) bond motifs is 1. The van der Waals surface area contributed by atoms with Crippen molar-refractivity contribution in [1.29, 1.82) is 0 Å². The fourth-order valence-electron chi connectivity index (χ4n) is 3.17. The van der Waals surface area contributed by atoms with E-state index in [1.165, 1.54) is 18.4 Å². The zero-order valence-corrected chi connectivity index (χ0v) is 14.0. The molecule has 0 bridgehead atoms. The molecule has 0 spiro atoms. The number of phenols is 2. The second kappa shape index (κ2) is 8.93. The molecule has 1 aromatic carbocycles. The number of hydrogen-bond donors (Lipinski definition) is 2. The van der Waals surface area contributed by atoms with Crippen molar-refractivity contribution in [2.75, 3.05) is 13.1 Å². The van der Waals surface area contributed by atoms with E-state index in [2.05, 4.69) is 18.7 Å². The lowest BCUT2D eigenvalue weighted by atomic mass is 9.86. The first-order chi connectivity index (χ1) is 10.2. The van der Waals surface area contributed by atoms with Crippen LogP contribution in [0, 0.1) is 0 Å². The Balaban J connectivity index is 0.00000106. The molecule has 21 heavy (non-hydrogen) atoms. The van der Waals surface area contributed by atoms with E-state index >= 15 is 0 Å². The van der Waals surface area contributed by atoms with Crippen molar-refractivity contribution in [3.05, 3.63) is 23.3 Å². The Kier molecular flexibility index (Phi) is 7.58. The highest BCUT2D eigenvalue weighted by Gasteiger charge is 2.25. The normalized spacial score (nSPS) is 17.1. The van der Waals surface area contributed by atoms with Crippen molar-refractivity contribution < 1.29 is 10.2 Å². The molecular weight excluding hydrogens is 262 g/mol. The molecule has 0 saturated carbocycles. The van der Waals surface area contributed by atoms with Crippen molar-refractivity contribution in [2.24, 2.45) is 0 Å². The standard InChI is InChI=1S/C16H25NO2.C2H6/c1-3-9-17(10-4-2)13-6-7-14-12(11-13)5-8-15(18)16(14)19;1-2/h5,8,13,18-19H,3-4,6-7,9-11H2,1-2H3;1-2H3. The van der Waals surface area contributed by atoms with Crippen LogP contribution >= 0.6 is 0 Å². The van der Waals surface area contributed by atoms with Crippen LogP contribution in [-0.2, 0) is 12.8 Å². The first-order valence-corrected chi connectivity index (χ1v) is 8.44. The summed E-state index contributed by atoms with van der Waals surface area (Å²) in [5.74, 6) is 0.102. The van der Waals surface area contributed by atoms with Crippen molar-refractivity contribution in [3.63, 3.8) is 0 Å². The third-order valence-electron chi connectivity index (χ3n) is 4.08. The van der Waals surface area contributed by atoms with E-state index in [0.717, 1.165) is 37.9 Å². The van der Waals surface area contributed by atoms with Crippen LogP contribution in [0.25, 0.3) is 0 Å². The molecule has 2 N–H and O–H groups in total. The summed E-state index contributed by atoms with van der Waals surface area (Å²) >= 11 is 0. The number of aromatic hydroxyl groups is 2. The monoisotopic (exact) mass is 293 g/mol. The molecule has 0 fully saturated rings. The maximum absolute atomic E-state index is 9.91. The van der Waals surface area contributed by atoms with Crippen LogP contribution in [0.4, 0.5) is 0 Å². The minimum absolute atomic E-state index is 0.0103. The third kappa shape index (κ3) is 4.37. The molecule has 0 radical (unpaired) electrons. The molecule has 3 heteroatoms. The van der Waals surface area contributed by atoms with Gasteiger partial charge in [-0.1, -0.05) is 33.8 Å². The van der Waals surface area contributed by atoms with Crippen LogP contribution in [0.5, 0.6) is 11.5 Å². The summed E-state index contributed by atoms with van der Waals surface area (Å²) in [6, 6.07) is 4.16. The summed E-state index contributed by atoms with van der Waals surface area (Å²) in [7, 11) is 0. The van der Waals surface area contributed by atoms with Gasteiger partial charge in [-0.15, -0.1) is 0 Å². The highest BCUT2D eigenvalue weighted by Crippen LogP contribution is 2.36. The van der Waals surface area contributed by atoms with Crippen LogP contribution in [-0.4, -0.2) is 34.2 Å². The number of benzene rings is 1. The quantitative estimate of drug-likeness (QED) is 0.803. The van der Waals surface area contributed by atoms with Crippen molar-refractivity contribution in [3.8, 4) is 11.5 Å². The Morgan fingerprint density at radius 1 is 1.10 bits per heavy atom. The zero-order valence-electron chi connectivity index (χ0n) is 14.0. The summed E-state index contributed by atoms with van der Waals surface area (Å²) in [6.45, 7) is 10.8. The average molecular weight is 293 g/mol. The van der Waals surface area contributed by atoms with E-state index < -0.39 is 0 Å². The highest BCUT2D eigenvalue weighted by atomic mass is 16.3. The first kappa shape index (κ1) is 17.8. The highest BCUT2D eigenvalue weighted by molar-refractivity contribution is 5.50. The van der Waals surface area contributed by atoms with E-state index in [1.807, 2.05) is 19.9 Å². The van der Waals surface area contributed by atoms with Gasteiger partial charge in [0.15, 0.2) is 11.5 Å². The van der Waals surface area contributed by atoms with Crippen LogP contribution in [0.15, 0.2) is 12.1 Å². The maximum Gasteiger partial charge on any atom is 0.160 e. The first-order valence-electron chi connectivity index (χ1n) is 8.44. The number of hydrogen-bond acceptors (Lipinski definition) is 3. The lowest BCUT2D eigenvalue weighted by molar-refractivity contribution is 0.179. The van der Waals surface area contributed by atoms with Gasteiger partial charge >= 0.3 is 0 Å². The summed E-state index contributed by atoms with van der Waals surface area (Å²) in [4.78, 5) is 2.58. The molecule has 0 saturated heterocycles. The smallest absolute Gasteiger partial charge is 0.160 e. The Bertz CT molecular complexity index is 425. The van der Waals surface area contributed by atoms with Crippen molar-refractivity contribution in [2.45, 2.75) is 65.8 Å². The van der Waals surface area contributed by atoms with E-state index in [-0.39, 0.29) is 11.5 Å². The van der Waals surface area contributed by atoms with Crippen LogP contribution in [0.3, 0.4) is 0 Å². The van der Waals surface area contributed by atoms with Crippen LogP contribution in [0.1, 0.15) is 58.1 Å². The van der Waals surface area contributed by atoms with Crippen molar-refractivity contribution >= 4 is 0 Å². The largest absolute Gasteiger partial charge is 0.504 e. The van der Waals surface area contributed by atoms with Crippen LogP contribution in [0.2, 0.25) is 0 Å². The van der Waals surface area contributed by atoms with Gasteiger partial charge in [0, 0.05) is 11.6 Å². The fraction of sp³-hybridized carbons (Fsp3) is 0.667. The summed E-state index contributed by atoms with van der Waals surface area (Å²) in [5.41, 5.74) is 2.15. The average Bonchev–Trinajstić information content (AvgIpc) is 2.52. The van der Waals surface area contributed by atoms with Gasteiger partial charge in [-0.3, -0.25) is 0 Å². The number of rotatable bonds is 5. The SMILES string of the molecule is CC.CCCN(CCC)C1CCc2c(ccc(O)c2O)C1. The Labute approximate surface area is 129 Å². The predicted molar refractivity (Wildman–Crippen MR) is 89.1 cm³/mol. The summed E-state index contributed by atoms with van der Waals surface area (Å²) in [5, 5.41) is 19.5. The number of nitrogens with zero attached hydrogens (tertiary/aromatic N) is 1. The Morgan fingerprint density at radius 3 is 2.29 bits per heavy atom. The second-order valence-corrected chi connectivity index (χ2v) is 5.50. The minimum atomic E-state index is 0.0103. The van der Waals surface area contributed by atoms with Gasteiger partial charge in [0.25, 0.3) is 0 Å². The number of phenolic OH excluding ortho intramolecular Hbond substituents is 2. The maximum atomic E-state index is 9.91. The lowest BCUT2D eigenvalue weighted by Crippen LogP contribution is -2.40. The van der Waals surface area contributed by atoms with Gasteiger partial charge < -0.3 is 15.1 Å². The molecule has 1 unspecified atom stereocenters. The van der Waals surface area contributed by atoms with E-state index in [4.69, 9.17) is 0 Å². The van der Waals surface area contributed by atoms with E-state index in [0.29, 0.717) is 6.04 Å². The van der Waals surface area contributed by atoms with Crippen molar-refractivity contribution in [1.82, 2.24) is 4.90 Å². The zero-order chi connectivity index (χ0) is 15.8. The van der Waals surface area contributed by atoms with Gasteiger partial charge in [-0.2, -0.15) is 0 Å². The summed E-state index contributed by atoms with van der Waals surface area (Å²) < 4.78 is 0. The lowest BCUT2D eigenvalue weighted by Gasteiger charge is -2.35. The molecule has 120 valence electrons. The molecule has 1 aliphatic carbocycles. The molecule has 2 rings (SSSR count). The molecule has 3 nitrogen and oxygen atoms in total. The van der Waals surface area contributed by atoms with E-state index in [1.54, 1.807) is 6.07 Å². The second-order valence-electron chi connectivity index (χ2n) is 5.50. The molecule has 1 atom stereocenters. The molecule has 1 aliphatic rings. The molecular formula is C18H31NO2.